The van der Waals surface area contributed by atoms with Gasteiger partial charge in [0.25, 0.3) is 0 Å². The molecule has 2 rings (SSSR count). The van der Waals surface area contributed by atoms with Crippen LogP contribution in [0.2, 0.25) is 0 Å². The summed E-state index contributed by atoms with van der Waals surface area (Å²) < 4.78 is 2.32. The normalized spacial score (nSPS) is 10.3. The Hall–Kier alpha value is -0.430. The van der Waals surface area contributed by atoms with E-state index in [0.29, 0.717) is 12.8 Å². The number of Topliss-reactive ketones (excluding diaryl/α,β-unsaturated/α-hetero) is 1. The van der Waals surface area contributed by atoms with Gasteiger partial charge in [0.2, 0.25) is 0 Å². The lowest BCUT2D eigenvalue weighted by Gasteiger charge is -2.05. The van der Waals surface area contributed by atoms with Crippen molar-refractivity contribution in [3.8, 4) is 0 Å². The molecule has 0 saturated carbocycles. The summed E-state index contributed by atoms with van der Waals surface area (Å²) in [7, 11) is 0. The van der Waals surface area contributed by atoms with Gasteiger partial charge >= 0.3 is 0 Å². The van der Waals surface area contributed by atoms with Gasteiger partial charge in [0.05, 0.1) is 0 Å². The van der Waals surface area contributed by atoms with Gasteiger partial charge in [0, 0.05) is 20.0 Å². The number of rotatable bonds is 4. The highest BCUT2D eigenvalue weighted by Crippen LogP contribution is 2.16. The Morgan fingerprint density at radius 2 is 1.17 bits per heavy atom. The Morgan fingerprint density at radius 3 is 1.56 bits per heavy atom. The van der Waals surface area contributed by atoms with Crippen LogP contribution >= 0.6 is 45.2 Å². The molecule has 0 unspecified atom stereocenters. The summed E-state index contributed by atoms with van der Waals surface area (Å²) in [4.78, 5) is 12.1. The summed E-state index contributed by atoms with van der Waals surface area (Å²) >= 11 is 4.56. The standard InChI is InChI=1S/C15H12I2O/c16-14-7-3-1-5-11(14)9-13(18)10-12-6-2-4-8-15(12)17/h1-8H,9-10H2. The quantitative estimate of drug-likeness (QED) is 0.622. The van der Waals surface area contributed by atoms with Crippen LogP contribution in [0.1, 0.15) is 11.1 Å². The second-order valence-electron chi connectivity index (χ2n) is 4.08. The lowest BCUT2D eigenvalue weighted by atomic mass is 10.0. The number of halogens is 2. The topological polar surface area (TPSA) is 17.1 Å². The van der Waals surface area contributed by atoms with Gasteiger partial charge < -0.3 is 0 Å². The zero-order valence-electron chi connectivity index (χ0n) is 9.70. The Kier molecular flexibility index (Phi) is 5.17. The molecule has 0 spiro atoms. The van der Waals surface area contributed by atoms with E-state index >= 15 is 0 Å². The number of benzene rings is 2. The smallest absolute Gasteiger partial charge is 0.141 e. The molecule has 0 amide bonds. The fraction of sp³-hybridized carbons (Fsp3) is 0.133. The molecule has 0 aliphatic rings. The molecule has 0 fully saturated rings. The van der Waals surface area contributed by atoms with Crippen LogP contribution in [0, 0.1) is 7.14 Å². The van der Waals surface area contributed by atoms with Crippen LogP contribution in [0.5, 0.6) is 0 Å². The van der Waals surface area contributed by atoms with Crippen LogP contribution in [0.25, 0.3) is 0 Å². The van der Waals surface area contributed by atoms with Crippen molar-refractivity contribution >= 4 is 51.0 Å². The minimum Gasteiger partial charge on any atom is -0.299 e. The molecule has 1 nitrogen and oxygen atoms in total. The maximum atomic E-state index is 12.1. The zero-order chi connectivity index (χ0) is 13.0. The molecule has 92 valence electrons. The number of ketones is 1. The molecule has 2 aromatic carbocycles. The van der Waals surface area contributed by atoms with Crippen LogP contribution in [-0.2, 0) is 17.6 Å². The number of carbonyl (C=O) groups is 1. The van der Waals surface area contributed by atoms with E-state index in [4.69, 9.17) is 0 Å². The van der Waals surface area contributed by atoms with Gasteiger partial charge in [0.15, 0.2) is 0 Å². The first-order valence-electron chi connectivity index (χ1n) is 5.65. The summed E-state index contributed by atoms with van der Waals surface area (Å²) in [5, 5.41) is 0. The number of hydrogen-bond acceptors (Lipinski definition) is 1. The van der Waals surface area contributed by atoms with Crippen LogP contribution in [0.4, 0.5) is 0 Å². The first-order chi connectivity index (χ1) is 8.66. The van der Waals surface area contributed by atoms with Crippen molar-refractivity contribution in [2.45, 2.75) is 12.8 Å². The lowest BCUT2D eigenvalue weighted by molar-refractivity contribution is -0.117. The summed E-state index contributed by atoms with van der Waals surface area (Å²) in [5.74, 6) is 0.267. The number of hydrogen-bond donors (Lipinski definition) is 0. The average Bonchev–Trinajstić information content (AvgIpc) is 2.35. The monoisotopic (exact) mass is 462 g/mol. The molecular weight excluding hydrogens is 450 g/mol. The Bertz CT molecular complexity index is 514. The second-order valence-corrected chi connectivity index (χ2v) is 6.40. The average molecular weight is 462 g/mol. The minimum atomic E-state index is 0.267. The minimum absolute atomic E-state index is 0.267. The van der Waals surface area contributed by atoms with E-state index in [1.54, 1.807) is 0 Å². The van der Waals surface area contributed by atoms with Crippen LogP contribution in [-0.4, -0.2) is 5.78 Å². The highest BCUT2D eigenvalue weighted by Gasteiger charge is 2.09. The van der Waals surface area contributed by atoms with Crippen molar-refractivity contribution in [2.75, 3.05) is 0 Å². The number of carbonyl (C=O) groups excluding carboxylic acids is 1. The fourth-order valence-corrected chi connectivity index (χ4v) is 2.93. The van der Waals surface area contributed by atoms with Crippen molar-refractivity contribution in [3.05, 3.63) is 66.8 Å². The Labute approximate surface area is 134 Å². The van der Waals surface area contributed by atoms with Crippen molar-refractivity contribution in [2.24, 2.45) is 0 Å². The van der Waals surface area contributed by atoms with Gasteiger partial charge in [-0.1, -0.05) is 36.4 Å². The van der Waals surface area contributed by atoms with Crippen LogP contribution in [0.3, 0.4) is 0 Å². The third-order valence-corrected chi connectivity index (χ3v) is 4.80. The molecule has 2 aromatic rings. The van der Waals surface area contributed by atoms with Gasteiger partial charge in [-0.05, 0) is 68.4 Å². The van der Waals surface area contributed by atoms with Crippen LogP contribution < -0.4 is 0 Å². The molecule has 0 aliphatic carbocycles. The maximum Gasteiger partial charge on any atom is 0.141 e. The molecule has 0 aliphatic heterocycles. The second kappa shape index (κ2) is 6.65. The van der Waals surface area contributed by atoms with Crippen molar-refractivity contribution < 1.29 is 4.79 Å². The summed E-state index contributed by atoms with van der Waals surface area (Å²) in [6.07, 6.45) is 1.04. The lowest BCUT2D eigenvalue weighted by Crippen LogP contribution is -2.08. The van der Waals surface area contributed by atoms with E-state index in [2.05, 4.69) is 45.2 Å². The molecule has 0 N–H and O–H groups in total. The van der Waals surface area contributed by atoms with Gasteiger partial charge in [-0.15, -0.1) is 0 Å². The van der Waals surface area contributed by atoms with Gasteiger partial charge in [0.1, 0.15) is 5.78 Å². The summed E-state index contributed by atoms with van der Waals surface area (Å²) in [5.41, 5.74) is 2.24. The molecule has 0 heterocycles. The molecule has 0 saturated heterocycles. The third kappa shape index (κ3) is 3.78. The van der Waals surface area contributed by atoms with Crippen molar-refractivity contribution in [3.63, 3.8) is 0 Å². The zero-order valence-corrected chi connectivity index (χ0v) is 14.0. The molecule has 3 heteroatoms. The van der Waals surface area contributed by atoms with E-state index in [1.165, 1.54) is 0 Å². The highest BCUT2D eigenvalue weighted by atomic mass is 127. The van der Waals surface area contributed by atoms with E-state index in [1.807, 2.05) is 48.5 Å². The molecular formula is C15H12I2O. The maximum absolute atomic E-state index is 12.1. The van der Waals surface area contributed by atoms with Crippen molar-refractivity contribution in [1.82, 2.24) is 0 Å². The van der Waals surface area contributed by atoms with Gasteiger partial charge in [-0.3, -0.25) is 4.79 Å². The predicted molar refractivity (Wildman–Crippen MR) is 90.7 cm³/mol. The molecule has 18 heavy (non-hydrogen) atoms. The van der Waals surface area contributed by atoms with E-state index in [9.17, 15) is 4.79 Å². The molecule has 0 bridgehead atoms. The van der Waals surface area contributed by atoms with E-state index < -0.39 is 0 Å². The Balaban J connectivity index is 2.06. The van der Waals surface area contributed by atoms with Gasteiger partial charge in [-0.2, -0.15) is 0 Å². The van der Waals surface area contributed by atoms with E-state index in [-0.39, 0.29) is 5.78 Å². The highest BCUT2D eigenvalue weighted by molar-refractivity contribution is 14.1. The summed E-state index contributed by atoms with van der Waals surface area (Å²) in [6, 6.07) is 16.1. The third-order valence-electron chi connectivity index (χ3n) is 2.69. The molecule has 0 atom stereocenters. The first-order valence-corrected chi connectivity index (χ1v) is 7.81. The summed E-state index contributed by atoms with van der Waals surface area (Å²) in [6.45, 7) is 0. The molecule has 0 aromatic heterocycles. The van der Waals surface area contributed by atoms with Crippen LogP contribution in [0.15, 0.2) is 48.5 Å². The predicted octanol–water partition coefficient (Wildman–Crippen LogP) is 4.25. The SMILES string of the molecule is O=C(Cc1ccccc1I)Cc1ccccc1I. The fourth-order valence-electron chi connectivity index (χ4n) is 1.77. The first kappa shape index (κ1) is 14.0. The van der Waals surface area contributed by atoms with Gasteiger partial charge in [-0.25, -0.2) is 0 Å². The van der Waals surface area contributed by atoms with E-state index in [0.717, 1.165) is 18.3 Å². The Morgan fingerprint density at radius 1 is 0.778 bits per heavy atom. The largest absolute Gasteiger partial charge is 0.299 e. The van der Waals surface area contributed by atoms with Crippen molar-refractivity contribution in [1.29, 1.82) is 0 Å². The molecule has 0 radical (unpaired) electrons.